The second-order valence-electron chi connectivity index (χ2n) is 7.65. The molecule has 0 N–H and O–H groups in total. The van der Waals surface area contributed by atoms with E-state index in [4.69, 9.17) is 16.3 Å². The lowest BCUT2D eigenvalue weighted by Gasteiger charge is -2.28. The molecule has 4 aromatic rings. The number of benzene rings is 1. The molecule has 0 atom stereocenters. The maximum atomic E-state index is 6.12. The third kappa shape index (κ3) is 4.44. The van der Waals surface area contributed by atoms with Crippen LogP contribution in [0.25, 0.3) is 5.69 Å². The first-order valence-electron chi connectivity index (χ1n) is 10.4. The quantitative estimate of drug-likeness (QED) is 0.454. The first-order valence-corrected chi connectivity index (χ1v) is 10.8. The molecule has 0 saturated heterocycles. The number of halogens is 1. The Morgan fingerprint density at radius 3 is 2.52 bits per heavy atom. The van der Waals surface area contributed by atoms with Gasteiger partial charge in [0.15, 0.2) is 5.82 Å². The highest BCUT2D eigenvalue weighted by molar-refractivity contribution is 6.30. The monoisotopic (exact) mass is 435 g/mol. The fraction of sp³-hybridized carbons (Fsp3) is 0.318. The van der Waals surface area contributed by atoms with Gasteiger partial charge in [0.2, 0.25) is 5.88 Å². The van der Waals surface area contributed by atoms with Crippen molar-refractivity contribution in [2.45, 2.75) is 44.2 Å². The summed E-state index contributed by atoms with van der Waals surface area (Å²) in [6, 6.07) is 13.5. The first-order chi connectivity index (χ1) is 15.3. The Hall–Kier alpha value is -3.26. The number of hydrogen-bond acceptors (Lipinski definition) is 6. The smallest absolute Gasteiger partial charge is 0.213 e. The average molecular weight is 436 g/mol. The maximum absolute atomic E-state index is 6.12. The van der Waals surface area contributed by atoms with Crippen LogP contribution in [0, 0.1) is 0 Å². The molecule has 0 aliphatic heterocycles. The molecule has 5 rings (SSSR count). The molecule has 0 spiro atoms. The van der Waals surface area contributed by atoms with Crippen molar-refractivity contribution in [1.82, 2.24) is 34.7 Å². The predicted octanol–water partition coefficient (Wildman–Crippen LogP) is 4.06. The summed E-state index contributed by atoms with van der Waals surface area (Å²) in [7, 11) is 0. The van der Waals surface area contributed by atoms with Gasteiger partial charge in [0, 0.05) is 35.1 Å². The summed E-state index contributed by atoms with van der Waals surface area (Å²) in [5.74, 6) is 2.77. The first kappa shape index (κ1) is 19.7. The molecule has 0 radical (unpaired) electrons. The van der Waals surface area contributed by atoms with Gasteiger partial charge in [-0.1, -0.05) is 22.9 Å². The van der Waals surface area contributed by atoms with Crippen molar-refractivity contribution >= 4 is 11.6 Å². The topological polar surface area (TPSA) is 83.5 Å². The van der Waals surface area contributed by atoms with Gasteiger partial charge in [-0.25, -0.2) is 9.67 Å². The Balaban J connectivity index is 1.37. The van der Waals surface area contributed by atoms with E-state index in [1.807, 2.05) is 48.7 Å². The van der Waals surface area contributed by atoms with E-state index in [9.17, 15) is 0 Å². The van der Waals surface area contributed by atoms with Crippen molar-refractivity contribution < 1.29 is 4.74 Å². The highest BCUT2D eigenvalue weighted by Gasteiger charge is 2.29. The number of pyridine rings is 1. The zero-order chi connectivity index (χ0) is 21.0. The molecule has 0 amide bonds. The van der Waals surface area contributed by atoms with E-state index >= 15 is 0 Å². The number of aromatic nitrogens is 7. The molecule has 9 heteroatoms. The Bertz CT molecular complexity index is 1100. The summed E-state index contributed by atoms with van der Waals surface area (Å²) >= 11 is 6.12. The Kier molecular flexibility index (Phi) is 5.62. The van der Waals surface area contributed by atoms with Crippen molar-refractivity contribution in [3.8, 4) is 11.6 Å². The number of rotatable bonds is 6. The lowest BCUT2D eigenvalue weighted by atomic mass is 9.86. The summed E-state index contributed by atoms with van der Waals surface area (Å²) < 4.78 is 9.93. The van der Waals surface area contributed by atoms with Crippen molar-refractivity contribution in [1.29, 1.82) is 0 Å². The number of nitrogens with zero attached hydrogens (tertiary/aromatic N) is 7. The van der Waals surface area contributed by atoms with E-state index in [0.29, 0.717) is 23.4 Å². The Labute approximate surface area is 184 Å². The van der Waals surface area contributed by atoms with E-state index in [1.165, 1.54) is 0 Å². The molecule has 31 heavy (non-hydrogen) atoms. The molecule has 8 nitrogen and oxygen atoms in total. The fourth-order valence-electron chi connectivity index (χ4n) is 4.06. The van der Waals surface area contributed by atoms with E-state index in [1.54, 1.807) is 17.1 Å². The largest absolute Gasteiger partial charge is 0.474 e. The van der Waals surface area contributed by atoms with Gasteiger partial charge in [0.25, 0.3) is 0 Å². The van der Waals surface area contributed by atoms with Crippen LogP contribution in [-0.4, -0.2) is 40.8 Å². The normalized spacial score (nSPS) is 18.7. The molecule has 1 aliphatic rings. The molecule has 0 unspecified atom stereocenters. The third-order valence-corrected chi connectivity index (χ3v) is 5.83. The maximum Gasteiger partial charge on any atom is 0.213 e. The highest BCUT2D eigenvalue weighted by Crippen LogP contribution is 2.35. The van der Waals surface area contributed by atoms with Crippen molar-refractivity contribution in [3.63, 3.8) is 0 Å². The SMILES string of the molecule is Clc1ccc(-n2c(Cn3ccnn3)nnc2[C@H]2CC[C@H](Oc3ccccn3)CC2)cc1. The molecule has 0 bridgehead atoms. The fourth-order valence-corrected chi connectivity index (χ4v) is 4.18. The summed E-state index contributed by atoms with van der Waals surface area (Å²) in [6.45, 7) is 0.494. The number of hydrogen-bond donors (Lipinski definition) is 0. The Morgan fingerprint density at radius 1 is 0.968 bits per heavy atom. The van der Waals surface area contributed by atoms with Gasteiger partial charge < -0.3 is 4.74 Å². The minimum absolute atomic E-state index is 0.174. The van der Waals surface area contributed by atoms with Crippen LogP contribution >= 0.6 is 11.6 Å². The minimum Gasteiger partial charge on any atom is -0.474 e. The molecule has 158 valence electrons. The highest BCUT2D eigenvalue weighted by atomic mass is 35.5. The van der Waals surface area contributed by atoms with Crippen molar-refractivity contribution in [3.05, 3.63) is 77.7 Å². The third-order valence-electron chi connectivity index (χ3n) is 5.58. The molecule has 3 aromatic heterocycles. The zero-order valence-electron chi connectivity index (χ0n) is 16.9. The second-order valence-corrected chi connectivity index (χ2v) is 8.08. The number of ether oxygens (including phenoxy) is 1. The molecule has 3 heterocycles. The predicted molar refractivity (Wildman–Crippen MR) is 115 cm³/mol. The second kappa shape index (κ2) is 8.85. The van der Waals surface area contributed by atoms with Gasteiger partial charge in [-0.15, -0.1) is 15.3 Å². The van der Waals surface area contributed by atoms with Crippen molar-refractivity contribution in [2.24, 2.45) is 0 Å². The molecule has 1 aliphatic carbocycles. The van der Waals surface area contributed by atoms with Crippen LogP contribution in [0.4, 0.5) is 0 Å². The van der Waals surface area contributed by atoms with E-state index in [2.05, 4.69) is 30.1 Å². The summed E-state index contributed by atoms with van der Waals surface area (Å²) in [5, 5.41) is 17.8. The standard InChI is InChI=1S/C22H22ClN7O/c23-17-6-8-18(9-7-17)30-20(15-29-14-13-25-28-29)26-27-22(30)16-4-10-19(11-5-16)31-21-3-1-2-12-24-21/h1-3,6-9,12-14,16,19H,4-5,10-11,15H2/t16-,19-. The van der Waals surface area contributed by atoms with Crippen LogP contribution in [0.3, 0.4) is 0 Å². The van der Waals surface area contributed by atoms with E-state index in [0.717, 1.165) is 43.0 Å². The van der Waals surface area contributed by atoms with Crippen LogP contribution in [0.15, 0.2) is 61.1 Å². The lowest BCUT2D eigenvalue weighted by molar-refractivity contribution is 0.139. The van der Waals surface area contributed by atoms with Crippen LogP contribution in [0.1, 0.15) is 43.3 Å². The summed E-state index contributed by atoms with van der Waals surface area (Å²) in [6.07, 6.45) is 9.27. The van der Waals surface area contributed by atoms with Gasteiger partial charge in [-0.05, 0) is 56.0 Å². The van der Waals surface area contributed by atoms with Gasteiger partial charge >= 0.3 is 0 Å². The van der Waals surface area contributed by atoms with Gasteiger partial charge in [-0.2, -0.15) is 0 Å². The molecule has 1 saturated carbocycles. The van der Waals surface area contributed by atoms with Gasteiger partial charge in [0.05, 0.1) is 6.20 Å². The van der Waals surface area contributed by atoms with Crippen LogP contribution in [0.5, 0.6) is 5.88 Å². The average Bonchev–Trinajstić information content (AvgIpc) is 3.46. The van der Waals surface area contributed by atoms with E-state index in [-0.39, 0.29) is 6.10 Å². The van der Waals surface area contributed by atoms with E-state index < -0.39 is 0 Å². The Morgan fingerprint density at radius 2 is 1.81 bits per heavy atom. The minimum atomic E-state index is 0.174. The van der Waals surface area contributed by atoms with Gasteiger partial charge in [0.1, 0.15) is 18.5 Å². The van der Waals surface area contributed by atoms with Crippen LogP contribution < -0.4 is 4.74 Å². The van der Waals surface area contributed by atoms with Gasteiger partial charge in [-0.3, -0.25) is 4.57 Å². The summed E-state index contributed by atoms with van der Waals surface area (Å²) in [5.41, 5.74) is 0.992. The molecular weight excluding hydrogens is 414 g/mol. The molecule has 1 aromatic carbocycles. The summed E-state index contributed by atoms with van der Waals surface area (Å²) in [4.78, 5) is 4.28. The zero-order valence-corrected chi connectivity index (χ0v) is 17.6. The molecular formula is C22H22ClN7O. The van der Waals surface area contributed by atoms with Crippen LogP contribution in [-0.2, 0) is 6.54 Å². The van der Waals surface area contributed by atoms with Crippen LogP contribution in [0.2, 0.25) is 5.02 Å². The van der Waals surface area contributed by atoms with Crippen molar-refractivity contribution in [2.75, 3.05) is 0 Å². The lowest BCUT2D eigenvalue weighted by Crippen LogP contribution is -2.25. The molecule has 1 fully saturated rings.